The van der Waals surface area contributed by atoms with Gasteiger partial charge >= 0.3 is 18.0 Å². The zero-order valence-corrected chi connectivity index (χ0v) is 43.0. The van der Waals surface area contributed by atoms with Crippen LogP contribution in [-0.4, -0.2) is 99.6 Å². The summed E-state index contributed by atoms with van der Waals surface area (Å²) in [4.78, 5) is 82.5. The number of cyclic esters (lactones) is 1. The highest BCUT2D eigenvalue weighted by atomic mass is 16.6. The van der Waals surface area contributed by atoms with Gasteiger partial charge in [0.05, 0.1) is 50.5 Å². The van der Waals surface area contributed by atoms with Gasteiger partial charge in [0.2, 0.25) is 11.8 Å². The van der Waals surface area contributed by atoms with E-state index in [1.54, 1.807) is 60.9 Å². The van der Waals surface area contributed by atoms with Crippen molar-refractivity contribution < 1.29 is 48.0 Å². The van der Waals surface area contributed by atoms with Crippen LogP contribution in [0.4, 0.5) is 10.5 Å². The Hall–Kier alpha value is -9.01. The summed E-state index contributed by atoms with van der Waals surface area (Å²) in [5.41, 5.74) is 3.66. The summed E-state index contributed by atoms with van der Waals surface area (Å²) in [6.07, 6.45) is -0.571. The minimum absolute atomic E-state index is 0.0664. The molecule has 17 heteroatoms. The molecule has 77 heavy (non-hydrogen) atoms. The molecule has 6 aromatic carbocycles. The maximum absolute atomic E-state index is 16.9. The number of hydrogen-bond donors (Lipinski definition) is 2. The number of imide groups is 1. The van der Waals surface area contributed by atoms with Gasteiger partial charge in [-0.25, -0.2) is 19.2 Å². The number of nitrogens with zero attached hydrogens (tertiary/aromatic N) is 6. The van der Waals surface area contributed by atoms with Crippen molar-refractivity contribution in [3.63, 3.8) is 0 Å². The van der Waals surface area contributed by atoms with Gasteiger partial charge in [-0.15, -0.1) is 5.10 Å². The molecule has 2 fully saturated rings. The number of carbonyl (C=O) groups is 5. The van der Waals surface area contributed by atoms with E-state index < -0.39 is 77.3 Å². The summed E-state index contributed by atoms with van der Waals surface area (Å²) in [6, 6.07) is 35.7. The molecule has 7 atom stereocenters. The Kier molecular flexibility index (Phi) is 13.2. The molecule has 390 valence electrons. The van der Waals surface area contributed by atoms with Crippen LogP contribution in [0.2, 0.25) is 0 Å². The zero-order valence-electron chi connectivity index (χ0n) is 43.0. The summed E-state index contributed by atoms with van der Waals surface area (Å²) in [5, 5.41) is 22.3. The molecule has 2 N–H and O–H groups in total. The third-order valence-electron chi connectivity index (χ3n) is 15.4. The number of aromatic hydroxyl groups is 1. The van der Waals surface area contributed by atoms with Crippen LogP contribution in [0, 0.1) is 23.7 Å². The topological polar surface area (TPSA) is 195 Å². The minimum atomic E-state index is -2.14. The number of methoxy groups -OCH3 is 3. The summed E-state index contributed by atoms with van der Waals surface area (Å²) in [6.45, 7) is 3.89. The van der Waals surface area contributed by atoms with E-state index in [2.05, 4.69) is 27.5 Å². The summed E-state index contributed by atoms with van der Waals surface area (Å²) >= 11 is 0. The molecule has 0 unspecified atom stereocenters. The molecule has 5 heterocycles. The molecule has 0 bridgehead atoms. The molecule has 4 amide bonds. The maximum Gasteiger partial charge on any atom is 0.329 e. The number of ether oxygens (including phenoxy) is 4. The number of carbonyl (C=O) groups excluding carboxylic acids is 5. The molecular weight excluding hydrogens is 979 g/mol. The van der Waals surface area contributed by atoms with Crippen LogP contribution in [-0.2, 0) is 53.6 Å². The highest BCUT2D eigenvalue weighted by Gasteiger charge is 2.76. The van der Waals surface area contributed by atoms with Crippen LogP contribution in [0.5, 0.6) is 17.2 Å². The smallest absolute Gasteiger partial charge is 0.329 e. The number of phenols is 1. The van der Waals surface area contributed by atoms with Crippen LogP contribution < -0.4 is 19.7 Å². The quantitative estimate of drug-likeness (QED) is 0.102. The highest BCUT2D eigenvalue weighted by Crippen LogP contribution is 2.66. The number of amides is 4. The summed E-state index contributed by atoms with van der Waals surface area (Å²) in [5.74, 6) is 2.47. The lowest BCUT2D eigenvalue weighted by atomic mass is 9.64. The van der Waals surface area contributed by atoms with Gasteiger partial charge in [0.15, 0.2) is 11.5 Å². The van der Waals surface area contributed by atoms with Crippen molar-refractivity contribution in [1.29, 1.82) is 0 Å². The van der Waals surface area contributed by atoms with E-state index in [9.17, 15) is 9.90 Å². The Bertz CT molecular complexity index is 3520. The number of hydrogen-bond acceptors (Lipinski definition) is 13. The zero-order chi connectivity index (χ0) is 53.7. The van der Waals surface area contributed by atoms with E-state index in [0.717, 1.165) is 27.1 Å². The highest BCUT2D eigenvalue weighted by molar-refractivity contribution is 6.25. The lowest BCUT2D eigenvalue weighted by Gasteiger charge is -2.46. The fourth-order valence-corrected chi connectivity index (χ4v) is 12.0. The molecule has 4 aliphatic heterocycles. The van der Waals surface area contributed by atoms with E-state index in [1.807, 2.05) is 102 Å². The first kappa shape index (κ1) is 50.2. The van der Waals surface area contributed by atoms with Gasteiger partial charge < -0.3 is 34.3 Å². The minimum Gasteiger partial charge on any atom is -0.508 e. The molecule has 0 aliphatic carbocycles. The van der Waals surface area contributed by atoms with E-state index in [4.69, 9.17) is 18.9 Å². The predicted molar refractivity (Wildman–Crippen MR) is 282 cm³/mol. The standard InChI is InChI=1S/C60H55N7O10/c1-35(2)50(56(70)76-5)61-59(73)66-45-27-22-36(15-14-29-65-46-21-13-12-20-44(46)62-63-65)31-43(45)60(58(66)72)49(55(69)64-30-28-40-32-47(74-3)48(75-4)33-41(40)34-64)52-57(71)77-53(38-18-10-7-11-19-38)51(37-16-8-6-9-17-37)67(52)54(60)39-23-25-42(68)26-24-39/h6-13,16-27,31-33,35,49-54,68H,28-30,34H2,1-5H3,(H,61,73)/t49-,50-,51-,52-,53+,54+,60-/m0/s1. The van der Waals surface area contributed by atoms with Crippen molar-refractivity contribution in [3.8, 4) is 29.1 Å². The molecule has 0 radical (unpaired) electrons. The molecule has 17 nitrogen and oxygen atoms in total. The van der Waals surface area contributed by atoms with E-state index in [0.29, 0.717) is 40.1 Å². The molecule has 11 rings (SSSR count). The first-order valence-corrected chi connectivity index (χ1v) is 25.4. The Morgan fingerprint density at radius 3 is 2.17 bits per heavy atom. The van der Waals surface area contributed by atoms with Gasteiger partial charge in [0.25, 0.3) is 0 Å². The molecule has 1 spiro atoms. The van der Waals surface area contributed by atoms with Crippen LogP contribution in [0.25, 0.3) is 11.0 Å². The molecule has 7 aromatic rings. The Balaban J connectivity index is 1.18. The van der Waals surface area contributed by atoms with E-state index in [1.165, 1.54) is 26.4 Å². The van der Waals surface area contributed by atoms with Crippen LogP contribution in [0.15, 0.2) is 140 Å². The van der Waals surface area contributed by atoms with Crippen molar-refractivity contribution >= 4 is 46.5 Å². The third-order valence-corrected chi connectivity index (χ3v) is 15.4. The molecule has 2 saturated heterocycles. The average Bonchev–Trinajstić information content (AvgIpc) is 3.57. The Labute approximate surface area is 444 Å². The van der Waals surface area contributed by atoms with Crippen LogP contribution in [0.3, 0.4) is 0 Å². The molecule has 4 aliphatic rings. The third kappa shape index (κ3) is 8.45. The fraction of sp³-hybridized carbons (Fsp3) is 0.283. The second kappa shape index (κ2) is 20.3. The van der Waals surface area contributed by atoms with Crippen LogP contribution in [0.1, 0.15) is 71.0 Å². The largest absolute Gasteiger partial charge is 0.508 e. The number of morpholine rings is 1. The first-order valence-electron chi connectivity index (χ1n) is 25.4. The second-order valence-electron chi connectivity index (χ2n) is 19.9. The second-order valence-corrected chi connectivity index (χ2v) is 19.9. The van der Waals surface area contributed by atoms with Crippen molar-refractivity contribution in [2.24, 2.45) is 11.8 Å². The van der Waals surface area contributed by atoms with Gasteiger partial charge in [-0.05, 0) is 100 Å². The van der Waals surface area contributed by atoms with E-state index >= 15 is 19.2 Å². The van der Waals surface area contributed by atoms with Gasteiger partial charge in [-0.3, -0.25) is 19.3 Å². The number of para-hydroxylation sites is 1. The number of rotatable bonds is 10. The lowest BCUT2D eigenvalue weighted by Crippen LogP contribution is -2.58. The number of fused-ring (bicyclic) bond motifs is 5. The molecule has 0 saturated carbocycles. The Morgan fingerprint density at radius 2 is 1.48 bits per heavy atom. The van der Waals surface area contributed by atoms with E-state index in [-0.39, 0.29) is 36.6 Å². The predicted octanol–water partition coefficient (Wildman–Crippen LogP) is 7.36. The first-order chi connectivity index (χ1) is 37.4. The number of phenolic OH excluding ortho intramolecular Hbond substituents is 1. The number of aromatic nitrogens is 3. The van der Waals surface area contributed by atoms with Gasteiger partial charge in [0.1, 0.15) is 41.4 Å². The molecular formula is C60H55N7O10. The summed E-state index contributed by atoms with van der Waals surface area (Å²) in [7, 11) is 4.31. The van der Waals surface area contributed by atoms with Crippen molar-refractivity contribution in [3.05, 3.63) is 178 Å². The van der Waals surface area contributed by atoms with Gasteiger partial charge in [0, 0.05) is 18.7 Å². The monoisotopic (exact) mass is 1030 g/mol. The number of nitrogens with one attached hydrogen (secondary N) is 1. The van der Waals surface area contributed by atoms with Crippen LogP contribution >= 0.6 is 0 Å². The summed E-state index contributed by atoms with van der Waals surface area (Å²) < 4.78 is 24.8. The number of urea groups is 1. The lowest BCUT2D eigenvalue weighted by molar-refractivity contribution is -0.179. The number of benzene rings is 6. The molecule has 1 aromatic heterocycles. The average molecular weight is 1030 g/mol. The number of esters is 2. The van der Waals surface area contributed by atoms with Crippen molar-refractivity contribution in [1.82, 2.24) is 30.1 Å². The van der Waals surface area contributed by atoms with Gasteiger partial charge in [-0.1, -0.05) is 116 Å². The Morgan fingerprint density at radius 1 is 0.805 bits per heavy atom. The number of anilines is 1. The normalized spacial score (nSPS) is 21.9. The SMILES string of the molecule is COC(=O)[C@@H](NC(=O)N1C(=O)[C@@]2(c3cc(C#CCn4nnc5ccccc54)ccc31)[C@H](C(=O)N1CCc3cc(OC)c(OC)cc3C1)[C@H]1C(=O)O[C@H](c3ccccc3)[C@H](c3ccccc3)N1[C@@H]2c1ccc(O)cc1)C(C)C. The fourth-order valence-electron chi connectivity index (χ4n) is 12.0. The van der Waals surface area contributed by atoms with Crippen molar-refractivity contribution in [2.75, 3.05) is 32.8 Å². The maximum atomic E-state index is 16.9. The van der Waals surface area contributed by atoms with Gasteiger partial charge in [-0.2, -0.15) is 0 Å². The van der Waals surface area contributed by atoms with Crippen molar-refractivity contribution in [2.45, 2.75) is 69.0 Å².